The summed E-state index contributed by atoms with van der Waals surface area (Å²) in [5, 5.41) is 9.84. The molecule has 0 saturated carbocycles. The minimum absolute atomic E-state index is 0.127. The molecule has 0 unspecified atom stereocenters. The van der Waals surface area contributed by atoms with E-state index in [-0.39, 0.29) is 12.5 Å². The van der Waals surface area contributed by atoms with Crippen molar-refractivity contribution in [2.45, 2.75) is 6.54 Å². The molecule has 1 N–H and O–H groups in total. The van der Waals surface area contributed by atoms with Gasteiger partial charge in [-0.1, -0.05) is 17.7 Å². The Morgan fingerprint density at radius 3 is 2.76 bits per heavy atom. The number of carbonyl (C=O) groups excluding carboxylic acids is 1. The van der Waals surface area contributed by atoms with E-state index in [4.69, 9.17) is 11.6 Å². The average molecular weight is 318 g/mol. The third kappa shape index (κ3) is 3.51. The number of carbonyl (C=O) groups is 1. The smallest absolute Gasteiger partial charge is 0.246 e. The summed E-state index contributed by atoms with van der Waals surface area (Å²) in [7, 11) is 0. The van der Waals surface area contributed by atoms with Crippen LogP contribution in [0.15, 0.2) is 54.0 Å². The Bertz CT molecular complexity index is 735. The highest BCUT2D eigenvalue weighted by molar-refractivity contribution is 7.13. The number of rotatable bonds is 4. The molecule has 0 aliphatic rings. The molecule has 3 rings (SSSR count). The summed E-state index contributed by atoms with van der Waals surface area (Å²) in [6.45, 7) is 0.175. The molecule has 0 aliphatic carbocycles. The van der Waals surface area contributed by atoms with Crippen LogP contribution >= 0.6 is 22.9 Å². The Hall–Kier alpha value is -2.11. The summed E-state index contributed by atoms with van der Waals surface area (Å²) in [4.78, 5) is 13.0. The molecule has 0 radical (unpaired) electrons. The van der Waals surface area contributed by atoms with Gasteiger partial charge < -0.3 is 5.32 Å². The fourth-order valence-corrected chi connectivity index (χ4v) is 2.70. The van der Waals surface area contributed by atoms with Crippen molar-refractivity contribution >= 4 is 34.5 Å². The lowest BCUT2D eigenvalue weighted by Crippen LogP contribution is -2.19. The maximum Gasteiger partial charge on any atom is 0.246 e. The van der Waals surface area contributed by atoms with E-state index < -0.39 is 0 Å². The molecule has 0 atom stereocenters. The maximum absolute atomic E-state index is 12.0. The highest BCUT2D eigenvalue weighted by atomic mass is 35.5. The standard InChI is InChI=1S/C15H12ClN3OS/c16-11-3-5-12(6-4-11)17-15(20)10-19-8-7-13(18-19)14-2-1-9-21-14/h1-9H,10H2,(H,17,20). The highest BCUT2D eigenvalue weighted by Crippen LogP contribution is 2.22. The Kier molecular flexibility index (Phi) is 4.03. The van der Waals surface area contributed by atoms with Crippen molar-refractivity contribution in [2.24, 2.45) is 0 Å². The zero-order valence-electron chi connectivity index (χ0n) is 11.0. The Labute approximate surface area is 131 Å². The van der Waals surface area contributed by atoms with Crippen LogP contribution in [0.25, 0.3) is 10.6 Å². The monoisotopic (exact) mass is 317 g/mol. The highest BCUT2D eigenvalue weighted by Gasteiger charge is 2.07. The topological polar surface area (TPSA) is 46.9 Å². The average Bonchev–Trinajstić information content (AvgIpc) is 3.12. The molecule has 0 aliphatic heterocycles. The number of halogens is 1. The van der Waals surface area contributed by atoms with Crippen LogP contribution in [0.1, 0.15) is 0 Å². The summed E-state index contributed by atoms with van der Waals surface area (Å²) in [5.74, 6) is -0.127. The van der Waals surface area contributed by atoms with Crippen molar-refractivity contribution in [2.75, 3.05) is 5.32 Å². The summed E-state index contributed by atoms with van der Waals surface area (Å²) in [6, 6.07) is 12.9. The normalized spacial score (nSPS) is 10.5. The SMILES string of the molecule is O=C(Cn1ccc(-c2cccs2)n1)Nc1ccc(Cl)cc1. The molecule has 4 nitrogen and oxygen atoms in total. The van der Waals surface area contributed by atoms with Gasteiger partial charge in [-0.25, -0.2) is 0 Å². The van der Waals surface area contributed by atoms with Crippen LogP contribution in [-0.2, 0) is 11.3 Å². The van der Waals surface area contributed by atoms with Gasteiger partial charge in [-0.3, -0.25) is 9.48 Å². The molecule has 1 aromatic carbocycles. The minimum atomic E-state index is -0.127. The number of hydrogen-bond donors (Lipinski definition) is 1. The molecule has 0 saturated heterocycles. The third-order valence-electron chi connectivity index (χ3n) is 2.85. The first-order chi connectivity index (χ1) is 10.2. The summed E-state index contributed by atoms with van der Waals surface area (Å²) in [6.07, 6.45) is 1.80. The number of aromatic nitrogens is 2. The van der Waals surface area contributed by atoms with E-state index in [0.29, 0.717) is 5.02 Å². The Morgan fingerprint density at radius 2 is 2.05 bits per heavy atom. The van der Waals surface area contributed by atoms with Crippen molar-refractivity contribution < 1.29 is 4.79 Å². The lowest BCUT2D eigenvalue weighted by Gasteiger charge is -2.05. The molecule has 6 heteroatoms. The lowest BCUT2D eigenvalue weighted by molar-refractivity contribution is -0.116. The molecule has 21 heavy (non-hydrogen) atoms. The van der Waals surface area contributed by atoms with E-state index in [1.54, 1.807) is 46.5 Å². The molecule has 2 heterocycles. The molecular weight excluding hydrogens is 306 g/mol. The van der Waals surface area contributed by atoms with E-state index in [1.807, 2.05) is 23.6 Å². The van der Waals surface area contributed by atoms with Gasteiger partial charge in [0.1, 0.15) is 12.2 Å². The van der Waals surface area contributed by atoms with Gasteiger partial charge in [0.05, 0.1) is 4.88 Å². The fourth-order valence-electron chi connectivity index (χ4n) is 1.89. The second-order valence-electron chi connectivity index (χ2n) is 4.43. The van der Waals surface area contributed by atoms with E-state index in [0.717, 1.165) is 16.3 Å². The van der Waals surface area contributed by atoms with Crippen LogP contribution in [0, 0.1) is 0 Å². The molecule has 0 bridgehead atoms. The number of hydrogen-bond acceptors (Lipinski definition) is 3. The molecule has 1 amide bonds. The number of nitrogens with one attached hydrogen (secondary N) is 1. The van der Waals surface area contributed by atoms with Crippen molar-refractivity contribution in [1.29, 1.82) is 0 Å². The number of benzene rings is 1. The molecule has 3 aromatic rings. The largest absolute Gasteiger partial charge is 0.324 e. The Morgan fingerprint density at radius 1 is 1.24 bits per heavy atom. The lowest BCUT2D eigenvalue weighted by atomic mass is 10.3. The zero-order valence-corrected chi connectivity index (χ0v) is 12.6. The van der Waals surface area contributed by atoms with E-state index in [1.165, 1.54) is 0 Å². The fraction of sp³-hybridized carbons (Fsp3) is 0.0667. The summed E-state index contributed by atoms with van der Waals surface area (Å²) < 4.78 is 1.63. The van der Waals surface area contributed by atoms with Gasteiger partial charge >= 0.3 is 0 Å². The molecule has 2 aromatic heterocycles. The van der Waals surface area contributed by atoms with Crippen molar-refractivity contribution in [3.63, 3.8) is 0 Å². The van der Waals surface area contributed by atoms with Crippen LogP contribution < -0.4 is 5.32 Å². The predicted molar refractivity (Wildman–Crippen MR) is 85.6 cm³/mol. The number of anilines is 1. The first kappa shape index (κ1) is 13.9. The van der Waals surface area contributed by atoms with Crippen LogP contribution in [0.2, 0.25) is 5.02 Å². The summed E-state index contributed by atoms with van der Waals surface area (Å²) in [5.41, 5.74) is 1.60. The first-order valence-corrected chi connectivity index (χ1v) is 7.59. The first-order valence-electron chi connectivity index (χ1n) is 6.33. The van der Waals surface area contributed by atoms with E-state index in [2.05, 4.69) is 10.4 Å². The minimum Gasteiger partial charge on any atom is -0.324 e. The molecular formula is C15H12ClN3OS. The zero-order chi connectivity index (χ0) is 14.7. The molecule has 106 valence electrons. The van der Waals surface area contributed by atoms with Gasteiger partial charge in [-0.05, 0) is 41.8 Å². The van der Waals surface area contributed by atoms with Crippen molar-refractivity contribution in [1.82, 2.24) is 9.78 Å². The van der Waals surface area contributed by atoms with Gasteiger partial charge in [0.25, 0.3) is 0 Å². The van der Waals surface area contributed by atoms with Crippen LogP contribution in [-0.4, -0.2) is 15.7 Å². The second kappa shape index (κ2) is 6.11. The van der Waals surface area contributed by atoms with Crippen molar-refractivity contribution in [3.05, 3.63) is 59.1 Å². The Balaban J connectivity index is 1.64. The van der Waals surface area contributed by atoms with E-state index in [9.17, 15) is 4.79 Å². The predicted octanol–water partition coefficient (Wildman–Crippen LogP) is 3.90. The van der Waals surface area contributed by atoms with Crippen LogP contribution in [0.3, 0.4) is 0 Å². The van der Waals surface area contributed by atoms with Gasteiger partial charge in [0, 0.05) is 16.9 Å². The van der Waals surface area contributed by atoms with Gasteiger partial charge in [-0.15, -0.1) is 11.3 Å². The maximum atomic E-state index is 12.0. The molecule has 0 fully saturated rings. The van der Waals surface area contributed by atoms with Gasteiger partial charge in [0.2, 0.25) is 5.91 Å². The van der Waals surface area contributed by atoms with Crippen molar-refractivity contribution in [3.8, 4) is 10.6 Å². The summed E-state index contributed by atoms with van der Waals surface area (Å²) >= 11 is 7.43. The third-order valence-corrected chi connectivity index (χ3v) is 3.99. The quantitative estimate of drug-likeness (QED) is 0.793. The number of amides is 1. The molecule has 0 spiro atoms. The van der Waals surface area contributed by atoms with Gasteiger partial charge in [-0.2, -0.15) is 5.10 Å². The van der Waals surface area contributed by atoms with E-state index >= 15 is 0 Å². The van der Waals surface area contributed by atoms with Crippen LogP contribution in [0.4, 0.5) is 5.69 Å². The second-order valence-corrected chi connectivity index (χ2v) is 5.82. The number of nitrogens with zero attached hydrogens (tertiary/aromatic N) is 2. The van der Waals surface area contributed by atoms with Gasteiger partial charge in [0.15, 0.2) is 0 Å². The number of thiophene rings is 1. The van der Waals surface area contributed by atoms with Crippen LogP contribution in [0.5, 0.6) is 0 Å².